The summed E-state index contributed by atoms with van der Waals surface area (Å²) in [5.74, 6) is -0.0379. The predicted molar refractivity (Wildman–Crippen MR) is 126 cm³/mol. The van der Waals surface area contributed by atoms with Crippen molar-refractivity contribution in [3.05, 3.63) is 64.6 Å². The topological polar surface area (TPSA) is 122 Å². The van der Waals surface area contributed by atoms with Crippen molar-refractivity contribution in [2.24, 2.45) is 0 Å². The number of furan rings is 1. The van der Waals surface area contributed by atoms with Gasteiger partial charge in [0.2, 0.25) is 15.9 Å². The Labute approximate surface area is 196 Å². The second-order valence-corrected chi connectivity index (χ2v) is 9.97. The molecule has 1 aromatic carbocycles. The van der Waals surface area contributed by atoms with Gasteiger partial charge < -0.3 is 9.73 Å². The molecule has 3 aromatic rings. The van der Waals surface area contributed by atoms with Crippen molar-refractivity contribution < 1.29 is 22.4 Å². The average Bonchev–Trinajstić information content (AvgIpc) is 3.41. The van der Waals surface area contributed by atoms with E-state index < -0.39 is 10.0 Å². The van der Waals surface area contributed by atoms with Gasteiger partial charge in [0.1, 0.15) is 5.76 Å². The predicted octanol–water partition coefficient (Wildman–Crippen LogP) is 3.19. The van der Waals surface area contributed by atoms with Crippen molar-refractivity contribution in [2.45, 2.75) is 38.6 Å². The minimum absolute atomic E-state index is 0.0610. The summed E-state index contributed by atoms with van der Waals surface area (Å²) in [6.07, 6.45) is 1.50. The zero-order valence-electron chi connectivity index (χ0n) is 18.6. The van der Waals surface area contributed by atoms with Crippen LogP contribution in [0, 0.1) is 6.92 Å². The molecular weight excluding hydrogens is 464 g/mol. The van der Waals surface area contributed by atoms with Crippen LogP contribution in [0.5, 0.6) is 0 Å². The number of thiazole rings is 1. The van der Waals surface area contributed by atoms with E-state index >= 15 is 0 Å². The van der Waals surface area contributed by atoms with Crippen LogP contribution in [0.2, 0.25) is 0 Å². The zero-order valence-corrected chi connectivity index (χ0v) is 20.3. The van der Waals surface area contributed by atoms with Crippen LogP contribution in [0.25, 0.3) is 0 Å². The standard InChI is InChI=1S/C22H26N4O5S2/c1-4-26(5-2)33(29,30)18-8-6-16(7-9-18)13-23-20(27)12-17-14-32-22(24-17)25-21(28)19-10-11-31-15(19)3/h6-11,14H,4-5,12-13H2,1-3H3,(H,23,27)(H,24,25,28). The summed E-state index contributed by atoms with van der Waals surface area (Å²) in [7, 11) is -3.51. The molecule has 0 aliphatic rings. The first-order valence-corrected chi connectivity index (χ1v) is 12.7. The molecule has 0 aliphatic carbocycles. The molecular formula is C22H26N4O5S2. The number of aryl methyl sites for hydroxylation is 1. The molecule has 3 rings (SSSR count). The molecule has 0 unspecified atom stereocenters. The van der Waals surface area contributed by atoms with Gasteiger partial charge in [-0.05, 0) is 30.7 Å². The number of carbonyl (C=O) groups is 2. The number of aromatic nitrogens is 1. The van der Waals surface area contributed by atoms with Crippen LogP contribution >= 0.6 is 11.3 Å². The van der Waals surface area contributed by atoms with Crippen LogP contribution in [0.3, 0.4) is 0 Å². The Kier molecular flexibility index (Phi) is 8.01. The maximum atomic E-state index is 12.5. The third kappa shape index (κ3) is 6.06. The SMILES string of the molecule is CCN(CC)S(=O)(=O)c1ccc(CNC(=O)Cc2csc(NC(=O)c3ccoc3C)n2)cc1. The lowest BCUT2D eigenvalue weighted by Gasteiger charge is -2.18. The van der Waals surface area contributed by atoms with E-state index in [0.717, 1.165) is 5.56 Å². The summed E-state index contributed by atoms with van der Waals surface area (Å²) < 4.78 is 31.6. The zero-order chi connectivity index (χ0) is 24.0. The van der Waals surface area contributed by atoms with Gasteiger partial charge in [-0.3, -0.25) is 14.9 Å². The van der Waals surface area contributed by atoms with Crippen LogP contribution in [0.15, 0.2) is 51.3 Å². The van der Waals surface area contributed by atoms with Crippen LogP contribution in [-0.2, 0) is 27.8 Å². The second kappa shape index (κ2) is 10.7. The Morgan fingerprint density at radius 3 is 2.42 bits per heavy atom. The Hall–Kier alpha value is -3.02. The first-order valence-electron chi connectivity index (χ1n) is 10.4. The number of rotatable bonds is 10. The van der Waals surface area contributed by atoms with Gasteiger partial charge in [-0.15, -0.1) is 11.3 Å². The highest BCUT2D eigenvalue weighted by Gasteiger charge is 2.21. The molecule has 33 heavy (non-hydrogen) atoms. The van der Waals surface area contributed by atoms with Gasteiger partial charge in [0.15, 0.2) is 5.13 Å². The molecule has 0 atom stereocenters. The van der Waals surface area contributed by atoms with Crippen molar-refractivity contribution in [1.82, 2.24) is 14.6 Å². The molecule has 0 fully saturated rings. The minimum Gasteiger partial charge on any atom is -0.469 e. The Morgan fingerprint density at radius 1 is 1.12 bits per heavy atom. The highest BCUT2D eigenvalue weighted by Crippen LogP contribution is 2.19. The Balaban J connectivity index is 1.52. The van der Waals surface area contributed by atoms with E-state index in [1.807, 2.05) is 0 Å². The maximum Gasteiger partial charge on any atom is 0.260 e. The molecule has 2 heterocycles. The van der Waals surface area contributed by atoms with E-state index in [4.69, 9.17) is 4.42 Å². The van der Waals surface area contributed by atoms with E-state index in [0.29, 0.717) is 35.2 Å². The summed E-state index contributed by atoms with van der Waals surface area (Å²) in [5, 5.41) is 7.60. The Bertz CT molecular complexity index is 1210. The third-order valence-electron chi connectivity index (χ3n) is 4.97. The summed E-state index contributed by atoms with van der Waals surface area (Å²) in [6, 6.07) is 8.05. The molecule has 11 heteroatoms. The highest BCUT2D eigenvalue weighted by molar-refractivity contribution is 7.89. The molecule has 0 saturated heterocycles. The molecule has 0 radical (unpaired) electrons. The summed E-state index contributed by atoms with van der Waals surface area (Å²) in [4.78, 5) is 29.0. The number of anilines is 1. The van der Waals surface area contributed by atoms with Crippen molar-refractivity contribution in [1.29, 1.82) is 0 Å². The lowest BCUT2D eigenvalue weighted by molar-refractivity contribution is -0.120. The number of hydrogen-bond donors (Lipinski definition) is 2. The number of nitrogens with one attached hydrogen (secondary N) is 2. The van der Waals surface area contributed by atoms with Gasteiger partial charge in [-0.1, -0.05) is 26.0 Å². The van der Waals surface area contributed by atoms with Gasteiger partial charge in [-0.25, -0.2) is 13.4 Å². The average molecular weight is 491 g/mol. The minimum atomic E-state index is -3.51. The lowest BCUT2D eigenvalue weighted by Crippen LogP contribution is -2.30. The van der Waals surface area contributed by atoms with E-state index in [9.17, 15) is 18.0 Å². The summed E-state index contributed by atoms with van der Waals surface area (Å²) in [5.41, 5.74) is 1.75. The van der Waals surface area contributed by atoms with E-state index in [1.165, 1.54) is 21.9 Å². The van der Waals surface area contributed by atoms with E-state index in [1.54, 1.807) is 56.5 Å². The van der Waals surface area contributed by atoms with E-state index in [-0.39, 0.29) is 29.7 Å². The lowest BCUT2D eigenvalue weighted by atomic mass is 10.2. The molecule has 2 amide bonds. The van der Waals surface area contributed by atoms with Gasteiger partial charge in [0, 0.05) is 25.0 Å². The van der Waals surface area contributed by atoms with Gasteiger partial charge in [0.25, 0.3) is 5.91 Å². The molecule has 2 aromatic heterocycles. The molecule has 0 spiro atoms. The third-order valence-corrected chi connectivity index (χ3v) is 7.84. The molecule has 2 N–H and O–H groups in total. The normalized spacial score (nSPS) is 11.5. The van der Waals surface area contributed by atoms with Gasteiger partial charge in [-0.2, -0.15) is 4.31 Å². The van der Waals surface area contributed by atoms with E-state index in [2.05, 4.69) is 15.6 Å². The van der Waals surface area contributed by atoms with Crippen LogP contribution in [0.1, 0.15) is 41.2 Å². The first kappa shape index (κ1) is 24.6. The Morgan fingerprint density at radius 2 is 1.82 bits per heavy atom. The molecule has 0 aliphatic heterocycles. The molecule has 0 bridgehead atoms. The van der Waals surface area contributed by atoms with Crippen molar-refractivity contribution in [2.75, 3.05) is 18.4 Å². The fourth-order valence-corrected chi connectivity index (χ4v) is 5.31. The number of sulfonamides is 1. The fraction of sp³-hybridized carbons (Fsp3) is 0.318. The van der Waals surface area contributed by atoms with Gasteiger partial charge in [0.05, 0.1) is 28.8 Å². The summed E-state index contributed by atoms with van der Waals surface area (Å²) in [6.45, 7) is 6.36. The molecule has 0 saturated carbocycles. The van der Waals surface area contributed by atoms with Crippen LogP contribution < -0.4 is 10.6 Å². The quantitative estimate of drug-likeness (QED) is 0.450. The monoisotopic (exact) mass is 490 g/mol. The first-order chi connectivity index (χ1) is 15.7. The maximum absolute atomic E-state index is 12.5. The number of nitrogens with zero attached hydrogens (tertiary/aromatic N) is 2. The largest absolute Gasteiger partial charge is 0.469 e. The molecule has 176 valence electrons. The van der Waals surface area contributed by atoms with Crippen molar-refractivity contribution >= 4 is 38.3 Å². The fourth-order valence-electron chi connectivity index (χ4n) is 3.15. The van der Waals surface area contributed by atoms with Crippen LogP contribution in [0.4, 0.5) is 5.13 Å². The van der Waals surface area contributed by atoms with Crippen LogP contribution in [-0.4, -0.2) is 42.6 Å². The van der Waals surface area contributed by atoms with Crippen molar-refractivity contribution in [3.63, 3.8) is 0 Å². The molecule has 9 nitrogen and oxygen atoms in total. The summed E-state index contributed by atoms with van der Waals surface area (Å²) >= 11 is 1.23. The number of benzene rings is 1. The second-order valence-electron chi connectivity index (χ2n) is 7.18. The number of carbonyl (C=O) groups excluding carboxylic acids is 2. The number of hydrogen-bond acceptors (Lipinski definition) is 7. The van der Waals surface area contributed by atoms with Gasteiger partial charge >= 0.3 is 0 Å². The number of amides is 2. The highest BCUT2D eigenvalue weighted by atomic mass is 32.2. The smallest absolute Gasteiger partial charge is 0.260 e. The van der Waals surface area contributed by atoms with Crippen molar-refractivity contribution in [3.8, 4) is 0 Å².